The van der Waals surface area contributed by atoms with E-state index in [1.807, 2.05) is 12.1 Å². The molecule has 0 bridgehead atoms. The van der Waals surface area contributed by atoms with Gasteiger partial charge in [0, 0.05) is 18.9 Å². The van der Waals surface area contributed by atoms with Crippen LogP contribution >= 0.6 is 0 Å². The second kappa shape index (κ2) is 6.44. The largest absolute Gasteiger partial charge is 0.314 e. The van der Waals surface area contributed by atoms with Crippen molar-refractivity contribution < 1.29 is 4.79 Å². The molecule has 0 aromatic heterocycles. The number of ketones is 1. The SMILES string of the molecule is CCNC(C)CC(=O)Cc1ccc(C)cc1. The zero-order valence-corrected chi connectivity index (χ0v) is 10.4. The number of benzene rings is 1. The molecule has 1 atom stereocenters. The van der Waals surface area contributed by atoms with Crippen LogP contribution in [0.1, 0.15) is 31.4 Å². The first-order chi connectivity index (χ1) is 7.61. The molecule has 2 nitrogen and oxygen atoms in total. The predicted octanol–water partition coefficient (Wildman–Crippen LogP) is 2.49. The highest BCUT2D eigenvalue weighted by molar-refractivity contribution is 5.81. The second-order valence-corrected chi connectivity index (χ2v) is 4.36. The summed E-state index contributed by atoms with van der Waals surface area (Å²) in [5.74, 6) is 0.303. The lowest BCUT2D eigenvalue weighted by Gasteiger charge is -2.10. The van der Waals surface area contributed by atoms with Crippen LogP contribution in [0.4, 0.5) is 0 Å². The van der Waals surface area contributed by atoms with E-state index < -0.39 is 0 Å². The second-order valence-electron chi connectivity index (χ2n) is 4.36. The zero-order chi connectivity index (χ0) is 12.0. The molecule has 0 aliphatic heterocycles. The first-order valence-electron chi connectivity index (χ1n) is 5.92. The Labute approximate surface area is 98.1 Å². The highest BCUT2D eigenvalue weighted by Gasteiger charge is 2.08. The summed E-state index contributed by atoms with van der Waals surface area (Å²) in [6.45, 7) is 7.08. The molecule has 1 aromatic carbocycles. The molecule has 88 valence electrons. The molecule has 0 aliphatic carbocycles. The third kappa shape index (κ3) is 4.58. The van der Waals surface area contributed by atoms with Crippen LogP contribution in [0, 0.1) is 6.92 Å². The van der Waals surface area contributed by atoms with Crippen LogP contribution in [-0.2, 0) is 11.2 Å². The summed E-state index contributed by atoms with van der Waals surface area (Å²) >= 11 is 0. The van der Waals surface area contributed by atoms with Gasteiger partial charge < -0.3 is 5.32 Å². The molecular formula is C14H21NO. The van der Waals surface area contributed by atoms with E-state index in [-0.39, 0.29) is 6.04 Å². The monoisotopic (exact) mass is 219 g/mol. The zero-order valence-electron chi connectivity index (χ0n) is 10.4. The van der Waals surface area contributed by atoms with Crippen LogP contribution in [0.25, 0.3) is 0 Å². The van der Waals surface area contributed by atoms with Crippen molar-refractivity contribution in [2.75, 3.05) is 6.54 Å². The van der Waals surface area contributed by atoms with Crippen LogP contribution in [0.5, 0.6) is 0 Å². The van der Waals surface area contributed by atoms with E-state index in [1.165, 1.54) is 5.56 Å². The Morgan fingerprint density at radius 1 is 1.31 bits per heavy atom. The molecule has 0 amide bonds. The maximum Gasteiger partial charge on any atom is 0.138 e. The van der Waals surface area contributed by atoms with Crippen molar-refractivity contribution >= 4 is 5.78 Å². The van der Waals surface area contributed by atoms with Gasteiger partial charge in [-0.25, -0.2) is 0 Å². The predicted molar refractivity (Wildman–Crippen MR) is 67.6 cm³/mol. The third-order valence-electron chi connectivity index (χ3n) is 2.61. The molecule has 0 heterocycles. The van der Waals surface area contributed by atoms with E-state index in [9.17, 15) is 4.79 Å². The number of carbonyl (C=O) groups is 1. The minimum absolute atomic E-state index is 0.281. The smallest absolute Gasteiger partial charge is 0.138 e. The Balaban J connectivity index is 2.42. The molecule has 1 rings (SSSR count). The van der Waals surface area contributed by atoms with Gasteiger partial charge in [0.2, 0.25) is 0 Å². The Kier molecular flexibility index (Phi) is 5.20. The lowest BCUT2D eigenvalue weighted by Crippen LogP contribution is -2.28. The number of Topliss-reactive ketones (excluding diaryl/α,β-unsaturated/α-hetero) is 1. The molecule has 1 unspecified atom stereocenters. The summed E-state index contributed by atoms with van der Waals surface area (Å²) in [6.07, 6.45) is 1.16. The average molecular weight is 219 g/mol. The van der Waals surface area contributed by atoms with Crippen LogP contribution in [0.3, 0.4) is 0 Å². The topological polar surface area (TPSA) is 29.1 Å². The van der Waals surface area contributed by atoms with Gasteiger partial charge >= 0.3 is 0 Å². The van der Waals surface area contributed by atoms with Gasteiger partial charge in [-0.3, -0.25) is 4.79 Å². The van der Waals surface area contributed by atoms with E-state index in [0.29, 0.717) is 18.6 Å². The van der Waals surface area contributed by atoms with E-state index in [4.69, 9.17) is 0 Å². The van der Waals surface area contributed by atoms with Crippen molar-refractivity contribution in [3.8, 4) is 0 Å². The van der Waals surface area contributed by atoms with Crippen molar-refractivity contribution in [3.05, 3.63) is 35.4 Å². The summed E-state index contributed by atoms with van der Waals surface area (Å²) < 4.78 is 0. The number of rotatable bonds is 6. The quantitative estimate of drug-likeness (QED) is 0.796. The van der Waals surface area contributed by atoms with Gasteiger partial charge in [0.1, 0.15) is 5.78 Å². The first kappa shape index (κ1) is 12.9. The van der Waals surface area contributed by atoms with E-state index >= 15 is 0 Å². The van der Waals surface area contributed by atoms with Crippen LogP contribution in [0.2, 0.25) is 0 Å². The van der Waals surface area contributed by atoms with Crippen LogP contribution < -0.4 is 5.32 Å². The molecule has 0 aliphatic rings. The maximum atomic E-state index is 11.7. The van der Waals surface area contributed by atoms with E-state index in [0.717, 1.165) is 12.1 Å². The standard InChI is InChI=1S/C14H21NO/c1-4-15-12(3)9-14(16)10-13-7-5-11(2)6-8-13/h5-8,12,15H,4,9-10H2,1-3H3. The fourth-order valence-electron chi connectivity index (χ4n) is 1.77. The minimum Gasteiger partial charge on any atom is -0.314 e. The Morgan fingerprint density at radius 2 is 1.94 bits per heavy atom. The number of hydrogen-bond acceptors (Lipinski definition) is 2. The average Bonchev–Trinajstić information content (AvgIpc) is 2.21. The highest BCUT2D eigenvalue weighted by Crippen LogP contribution is 2.06. The molecule has 16 heavy (non-hydrogen) atoms. The highest BCUT2D eigenvalue weighted by atomic mass is 16.1. The number of aryl methyl sites for hydroxylation is 1. The summed E-state index contributed by atoms with van der Waals surface area (Å²) in [4.78, 5) is 11.7. The molecule has 0 saturated heterocycles. The molecular weight excluding hydrogens is 198 g/mol. The minimum atomic E-state index is 0.281. The van der Waals surface area contributed by atoms with Gasteiger partial charge in [-0.1, -0.05) is 36.8 Å². The van der Waals surface area contributed by atoms with Gasteiger partial charge in [0.15, 0.2) is 0 Å². The summed E-state index contributed by atoms with van der Waals surface area (Å²) in [5.41, 5.74) is 2.34. The van der Waals surface area contributed by atoms with E-state index in [1.54, 1.807) is 0 Å². The normalized spacial score (nSPS) is 12.4. The van der Waals surface area contributed by atoms with Crippen LogP contribution in [0.15, 0.2) is 24.3 Å². The summed E-state index contributed by atoms with van der Waals surface area (Å²) in [6, 6.07) is 8.45. The summed E-state index contributed by atoms with van der Waals surface area (Å²) in [5, 5.41) is 3.25. The molecule has 0 radical (unpaired) electrons. The Hall–Kier alpha value is -1.15. The van der Waals surface area contributed by atoms with Crippen molar-refractivity contribution in [2.45, 2.75) is 39.7 Å². The van der Waals surface area contributed by atoms with Gasteiger partial charge in [-0.15, -0.1) is 0 Å². The van der Waals surface area contributed by atoms with Gasteiger partial charge in [0.05, 0.1) is 0 Å². The molecule has 1 N–H and O–H groups in total. The van der Waals surface area contributed by atoms with Crippen molar-refractivity contribution in [1.29, 1.82) is 0 Å². The lowest BCUT2D eigenvalue weighted by atomic mass is 10.0. The molecule has 0 spiro atoms. The Morgan fingerprint density at radius 3 is 2.50 bits per heavy atom. The Bertz CT molecular complexity index is 329. The molecule has 1 aromatic rings. The maximum absolute atomic E-state index is 11.7. The first-order valence-corrected chi connectivity index (χ1v) is 5.92. The number of carbonyl (C=O) groups excluding carboxylic acids is 1. The molecule has 2 heteroatoms. The van der Waals surface area contributed by atoms with Crippen molar-refractivity contribution in [1.82, 2.24) is 5.32 Å². The fraction of sp³-hybridized carbons (Fsp3) is 0.500. The van der Waals surface area contributed by atoms with Crippen molar-refractivity contribution in [2.24, 2.45) is 0 Å². The number of nitrogens with one attached hydrogen (secondary N) is 1. The summed E-state index contributed by atoms with van der Waals surface area (Å²) in [7, 11) is 0. The van der Waals surface area contributed by atoms with Crippen LogP contribution in [-0.4, -0.2) is 18.4 Å². The van der Waals surface area contributed by atoms with Crippen molar-refractivity contribution in [3.63, 3.8) is 0 Å². The van der Waals surface area contributed by atoms with Gasteiger partial charge in [0.25, 0.3) is 0 Å². The number of hydrogen-bond donors (Lipinski definition) is 1. The molecule has 0 saturated carbocycles. The lowest BCUT2D eigenvalue weighted by molar-refractivity contribution is -0.118. The fourth-order valence-corrected chi connectivity index (χ4v) is 1.77. The molecule has 0 fully saturated rings. The third-order valence-corrected chi connectivity index (χ3v) is 2.61. The van der Waals surface area contributed by atoms with E-state index in [2.05, 4.69) is 38.2 Å². The van der Waals surface area contributed by atoms with Gasteiger partial charge in [-0.05, 0) is 26.0 Å². The van der Waals surface area contributed by atoms with Gasteiger partial charge in [-0.2, -0.15) is 0 Å².